The molecule has 1 aliphatic heterocycles. The topological polar surface area (TPSA) is 68.2 Å². The first kappa shape index (κ1) is 16.7. The number of carbonyl (C=O) groups is 1. The van der Waals surface area contributed by atoms with Crippen molar-refractivity contribution in [2.24, 2.45) is 0 Å². The first-order valence-corrected chi connectivity index (χ1v) is 7.57. The number of benzene rings is 1. The zero-order valence-electron chi connectivity index (χ0n) is 12.9. The summed E-state index contributed by atoms with van der Waals surface area (Å²) in [7, 11) is 0. The molecule has 1 aliphatic rings. The Hall–Kier alpha value is -1.63. The van der Waals surface area contributed by atoms with Gasteiger partial charge in [-0.1, -0.05) is 6.07 Å². The van der Waals surface area contributed by atoms with Crippen LogP contribution in [0.4, 0.5) is 0 Å². The fourth-order valence-electron chi connectivity index (χ4n) is 2.25. The minimum absolute atomic E-state index is 0.184. The highest BCUT2D eigenvalue weighted by molar-refractivity contribution is 5.89. The van der Waals surface area contributed by atoms with Crippen molar-refractivity contribution in [1.29, 1.82) is 0 Å². The molecule has 6 nitrogen and oxygen atoms in total. The SMILES string of the molecule is CCOC(=O)c1cccc(OC[C@@H](O)CN2CCOCC2)c1. The van der Waals surface area contributed by atoms with Crippen molar-refractivity contribution in [3.05, 3.63) is 29.8 Å². The van der Waals surface area contributed by atoms with Crippen LogP contribution in [0.5, 0.6) is 5.75 Å². The van der Waals surface area contributed by atoms with Crippen LogP contribution in [-0.4, -0.2) is 68.1 Å². The van der Waals surface area contributed by atoms with Crippen molar-refractivity contribution in [1.82, 2.24) is 4.90 Å². The van der Waals surface area contributed by atoms with Crippen LogP contribution in [0.15, 0.2) is 24.3 Å². The smallest absolute Gasteiger partial charge is 0.338 e. The molecule has 6 heteroatoms. The molecule has 0 spiro atoms. The Balaban J connectivity index is 1.80. The highest BCUT2D eigenvalue weighted by Crippen LogP contribution is 2.14. The van der Waals surface area contributed by atoms with Gasteiger partial charge in [-0.05, 0) is 25.1 Å². The van der Waals surface area contributed by atoms with Crippen LogP contribution in [0.1, 0.15) is 17.3 Å². The van der Waals surface area contributed by atoms with Gasteiger partial charge in [0.15, 0.2) is 0 Å². The van der Waals surface area contributed by atoms with Crippen molar-refractivity contribution < 1.29 is 24.1 Å². The third kappa shape index (κ3) is 5.29. The number of aliphatic hydroxyl groups is 1. The summed E-state index contributed by atoms with van der Waals surface area (Å²) in [6.45, 7) is 5.90. The summed E-state index contributed by atoms with van der Waals surface area (Å²) < 4.78 is 15.8. The molecule has 1 saturated heterocycles. The van der Waals surface area contributed by atoms with E-state index in [1.54, 1.807) is 31.2 Å². The molecule has 122 valence electrons. The van der Waals surface area contributed by atoms with Gasteiger partial charge in [0.2, 0.25) is 0 Å². The van der Waals surface area contributed by atoms with E-state index < -0.39 is 6.10 Å². The van der Waals surface area contributed by atoms with E-state index in [2.05, 4.69) is 4.90 Å². The molecular weight excluding hydrogens is 286 g/mol. The molecule has 0 amide bonds. The van der Waals surface area contributed by atoms with Gasteiger partial charge in [0, 0.05) is 19.6 Å². The average Bonchev–Trinajstić information content (AvgIpc) is 2.54. The van der Waals surface area contributed by atoms with E-state index in [9.17, 15) is 9.90 Å². The van der Waals surface area contributed by atoms with E-state index in [4.69, 9.17) is 14.2 Å². The van der Waals surface area contributed by atoms with Gasteiger partial charge in [-0.3, -0.25) is 4.90 Å². The molecule has 2 rings (SSSR count). The van der Waals surface area contributed by atoms with Crippen molar-refractivity contribution in [3.63, 3.8) is 0 Å². The van der Waals surface area contributed by atoms with Crippen molar-refractivity contribution >= 4 is 5.97 Å². The molecular formula is C16H23NO5. The molecule has 1 N–H and O–H groups in total. The van der Waals surface area contributed by atoms with Crippen LogP contribution in [0, 0.1) is 0 Å². The predicted molar refractivity (Wildman–Crippen MR) is 81.2 cm³/mol. The average molecular weight is 309 g/mol. The monoisotopic (exact) mass is 309 g/mol. The number of aliphatic hydroxyl groups excluding tert-OH is 1. The fourth-order valence-corrected chi connectivity index (χ4v) is 2.25. The number of morpholine rings is 1. The lowest BCUT2D eigenvalue weighted by Crippen LogP contribution is -2.42. The number of nitrogens with zero attached hydrogens (tertiary/aromatic N) is 1. The zero-order chi connectivity index (χ0) is 15.8. The molecule has 1 aromatic carbocycles. The van der Waals surface area contributed by atoms with Gasteiger partial charge in [-0.2, -0.15) is 0 Å². The summed E-state index contributed by atoms with van der Waals surface area (Å²) >= 11 is 0. The fraction of sp³-hybridized carbons (Fsp3) is 0.562. The van der Waals surface area contributed by atoms with E-state index in [0.29, 0.717) is 37.7 Å². The highest BCUT2D eigenvalue weighted by atomic mass is 16.5. The Morgan fingerprint density at radius 3 is 2.91 bits per heavy atom. The number of hydrogen-bond acceptors (Lipinski definition) is 6. The third-order valence-corrected chi connectivity index (χ3v) is 3.36. The molecule has 1 heterocycles. The number of ether oxygens (including phenoxy) is 3. The quantitative estimate of drug-likeness (QED) is 0.756. The molecule has 1 atom stereocenters. The number of hydrogen-bond donors (Lipinski definition) is 1. The molecule has 0 unspecified atom stereocenters. The number of esters is 1. The summed E-state index contributed by atoms with van der Waals surface area (Å²) in [4.78, 5) is 13.8. The van der Waals surface area contributed by atoms with E-state index >= 15 is 0 Å². The second-order valence-electron chi connectivity index (χ2n) is 5.13. The molecule has 1 aromatic rings. The summed E-state index contributed by atoms with van der Waals surface area (Å²) in [5, 5.41) is 10.0. The Kier molecular flexibility index (Phi) is 6.64. The van der Waals surface area contributed by atoms with Crippen molar-refractivity contribution in [3.8, 4) is 5.75 Å². The van der Waals surface area contributed by atoms with Crippen molar-refractivity contribution in [2.75, 3.05) is 46.1 Å². The van der Waals surface area contributed by atoms with E-state index in [1.165, 1.54) is 0 Å². The van der Waals surface area contributed by atoms with Gasteiger partial charge in [0.05, 0.1) is 25.4 Å². The van der Waals surface area contributed by atoms with Gasteiger partial charge in [-0.15, -0.1) is 0 Å². The van der Waals surface area contributed by atoms with Crippen LogP contribution in [-0.2, 0) is 9.47 Å². The first-order valence-electron chi connectivity index (χ1n) is 7.57. The minimum Gasteiger partial charge on any atom is -0.491 e. The number of carbonyl (C=O) groups excluding carboxylic acids is 1. The molecule has 22 heavy (non-hydrogen) atoms. The lowest BCUT2D eigenvalue weighted by atomic mass is 10.2. The lowest BCUT2D eigenvalue weighted by Gasteiger charge is -2.28. The molecule has 1 fully saturated rings. The Morgan fingerprint density at radius 2 is 2.18 bits per heavy atom. The number of β-amino-alcohol motifs (C(OH)–C–C–N with tert-alkyl or cyclic N) is 1. The van der Waals surface area contributed by atoms with Crippen LogP contribution in [0.2, 0.25) is 0 Å². The third-order valence-electron chi connectivity index (χ3n) is 3.36. The molecule has 0 aliphatic carbocycles. The van der Waals surface area contributed by atoms with E-state index in [1.807, 2.05) is 0 Å². The van der Waals surface area contributed by atoms with Crippen LogP contribution < -0.4 is 4.74 Å². The largest absolute Gasteiger partial charge is 0.491 e. The minimum atomic E-state index is -0.579. The van der Waals surface area contributed by atoms with E-state index in [-0.39, 0.29) is 12.6 Å². The maximum absolute atomic E-state index is 11.7. The van der Waals surface area contributed by atoms with Gasteiger partial charge < -0.3 is 19.3 Å². The molecule has 0 saturated carbocycles. The van der Waals surface area contributed by atoms with E-state index in [0.717, 1.165) is 13.1 Å². The summed E-state index contributed by atoms with van der Waals surface area (Å²) in [5.41, 5.74) is 0.446. The Labute approximate surface area is 130 Å². The summed E-state index contributed by atoms with van der Waals surface area (Å²) in [6.07, 6.45) is -0.579. The Morgan fingerprint density at radius 1 is 1.41 bits per heavy atom. The van der Waals surface area contributed by atoms with Crippen LogP contribution >= 0.6 is 0 Å². The second-order valence-corrected chi connectivity index (χ2v) is 5.13. The normalized spacial score (nSPS) is 17.0. The summed E-state index contributed by atoms with van der Waals surface area (Å²) in [5.74, 6) is 0.174. The zero-order valence-corrected chi connectivity index (χ0v) is 12.9. The standard InChI is InChI=1S/C16H23NO5/c1-2-21-16(19)13-4-3-5-15(10-13)22-12-14(18)11-17-6-8-20-9-7-17/h3-5,10,14,18H,2,6-9,11-12H2,1H3/t14-/m0/s1. The maximum atomic E-state index is 11.7. The maximum Gasteiger partial charge on any atom is 0.338 e. The lowest BCUT2D eigenvalue weighted by molar-refractivity contribution is 0.00465. The van der Waals surface area contributed by atoms with Crippen LogP contribution in [0.3, 0.4) is 0 Å². The van der Waals surface area contributed by atoms with Crippen molar-refractivity contribution in [2.45, 2.75) is 13.0 Å². The second kappa shape index (κ2) is 8.73. The molecule has 0 bridgehead atoms. The molecule has 0 aromatic heterocycles. The van der Waals surface area contributed by atoms with Gasteiger partial charge in [0.25, 0.3) is 0 Å². The first-order chi connectivity index (χ1) is 10.7. The van der Waals surface area contributed by atoms with Crippen LogP contribution in [0.25, 0.3) is 0 Å². The van der Waals surface area contributed by atoms with Gasteiger partial charge in [0.1, 0.15) is 18.5 Å². The highest BCUT2D eigenvalue weighted by Gasteiger charge is 2.15. The predicted octanol–water partition coefficient (Wildman–Crippen LogP) is 0.935. The number of rotatable bonds is 7. The van der Waals surface area contributed by atoms with Gasteiger partial charge >= 0.3 is 5.97 Å². The Bertz CT molecular complexity index is 473. The molecule has 0 radical (unpaired) electrons. The van der Waals surface area contributed by atoms with Gasteiger partial charge in [-0.25, -0.2) is 4.79 Å². The summed E-state index contributed by atoms with van der Waals surface area (Å²) in [6, 6.07) is 6.79.